The maximum absolute atomic E-state index is 10.3. The van der Waals surface area contributed by atoms with E-state index in [4.69, 9.17) is 27.2 Å². The van der Waals surface area contributed by atoms with Gasteiger partial charge in [0.05, 0.1) is 6.54 Å². The van der Waals surface area contributed by atoms with E-state index in [9.17, 15) is 4.79 Å². The molecule has 0 amide bonds. The number of hydrogen-bond donors (Lipinski definition) is 2. The average Bonchev–Trinajstić information content (AvgIpc) is 2.60. The van der Waals surface area contributed by atoms with Crippen molar-refractivity contribution in [3.63, 3.8) is 0 Å². The highest BCUT2D eigenvalue weighted by Gasteiger charge is 2.01. The van der Waals surface area contributed by atoms with Crippen molar-refractivity contribution in [1.29, 1.82) is 0 Å². The van der Waals surface area contributed by atoms with Crippen molar-refractivity contribution in [2.45, 2.75) is 12.8 Å². The van der Waals surface area contributed by atoms with Crippen molar-refractivity contribution < 1.29 is 14.6 Å². The third kappa shape index (κ3) is 6.60. The van der Waals surface area contributed by atoms with Gasteiger partial charge in [0, 0.05) is 17.0 Å². The Labute approximate surface area is 149 Å². The van der Waals surface area contributed by atoms with Crippen molar-refractivity contribution in [2.75, 3.05) is 6.54 Å². The Morgan fingerprint density at radius 3 is 2.28 bits per heavy atom. The fourth-order valence-electron chi connectivity index (χ4n) is 1.82. The Bertz CT molecular complexity index is 758. The van der Waals surface area contributed by atoms with Crippen LogP contribution in [0, 0.1) is 0 Å². The first kappa shape index (κ1) is 18.4. The van der Waals surface area contributed by atoms with Gasteiger partial charge >= 0.3 is 5.97 Å². The number of nitrogens with zero attached hydrogens (tertiary/aromatic N) is 3. The minimum absolute atomic E-state index is 0.0489. The first-order valence-electron chi connectivity index (χ1n) is 7.50. The summed E-state index contributed by atoms with van der Waals surface area (Å²) in [6.45, 7) is 0.289. The van der Waals surface area contributed by atoms with E-state index in [-0.39, 0.29) is 18.8 Å². The second-order valence-electron chi connectivity index (χ2n) is 5.02. The average molecular weight is 361 g/mol. The number of carbonyl (C=O) groups is 1. The van der Waals surface area contributed by atoms with Gasteiger partial charge in [0.1, 0.15) is 11.5 Å². The third-order valence-electron chi connectivity index (χ3n) is 3.06. The molecule has 0 fully saturated rings. The van der Waals surface area contributed by atoms with E-state index < -0.39 is 5.97 Å². The summed E-state index contributed by atoms with van der Waals surface area (Å²) in [6.07, 6.45) is 0.457. The van der Waals surface area contributed by atoms with Gasteiger partial charge in [-0.3, -0.25) is 4.79 Å². The van der Waals surface area contributed by atoms with Crippen LogP contribution in [0.2, 0.25) is 5.02 Å². The quantitative estimate of drug-likeness (QED) is 0.243. The molecule has 0 aromatic heterocycles. The summed E-state index contributed by atoms with van der Waals surface area (Å²) in [4.78, 5) is 10.3. The molecule has 0 saturated carbocycles. The fourth-order valence-corrected chi connectivity index (χ4v) is 1.94. The van der Waals surface area contributed by atoms with Crippen LogP contribution in [0.25, 0.3) is 0 Å². The summed E-state index contributed by atoms with van der Waals surface area (Å²) in [6, 6.07) is 14.1. The zero-order valence-electron chi connectivity index (χ0n) is 13.3. The standard InChI is InChI=1S/C17H17ClN4O3/c18-13-5-9-15(10-6-13)25-14-7-3-12(4-8-14)17(19)21-22-20-11-1-2-16(23)24/h3-10H,1-2,11H2,(H,23,24)(H2,19,20,21). The summed E-state index contributed by atoms with van der Waals surface area (Å²) in [5.74, 6) is 0.669. The lowest BCUT2D eigenvalue weighted by molar-refractivity contribution is -0.137. The molecule has 0 aliphatic carbocycles. The number of carboxylic acid groups (broad SMARTS) is 1. The molecule has 0 spiro atoms. The molecule has 2 aromatic carbocycles. The van der Waals surface area contributed by atoms with Gasteiger partial charge in [0.2, 0.25) is 0 Å². The summed E-state index contributed by atoms with van der Waals surface area (Å²) < 4.78 is 5.68. The first-order valence-corrected chi connectivity index (χ1v) is 7.88. The normalized spacial score (nSPS) is 11.6. The zero-order valence-corrected chi connectivity index (χ0v) is 14.1. The van der Waals surface area contributed by atoms with E-state index in [1.54, 1.807) is 48.5 Å². The number of halogens is 1. The Balaban J connectivity index is 1.89. The molecule has 0 saturated heterocycles. The van der Waals surface area contributed by atoms with E-state index in [0.29, 0.717) is 28.5 Å². The maximum Gasteiger partial charge on any atom is 0.303 e. The van der Waals surface area contributed by atoms with Gasteiger partial charge < -0.3 is 15.6 Å². The van der Waals surface area contributed by atoms with Crippen molar-refractivity contribution in [1.82, 2.24) is 0 Å². The van der Waals surface area contributed by atoms with Crippen LogP contribution in [-0.4, -0.2) is 23.5 Å². The van der Waals surface area contributed by atoms with Crippen molar-refractivity contribution >= 4 is 23.4 Å². The van der Waals surface area contributed by atoms with Crippen LogP contribution < -0.4 is 10.5 Å². The molecule has 2 rings (SSSR count). The Morgan fingerprint density at radius 2 is 1.68 bits per heavy atom. The SMILES string of the molecule is NC(=NN=NCCCC(=O)O)c1ccc(Oc2ccc(Cl)cc2)cc1. The number of carboxylic acids is 1. The predicted molar refractivity (Wildman–Crippen MR) is 95.3 cm³/mol. The second kappa shape index (κ2) is 9.39. The largest absolute Gasteiger partial charge is 0.481 e. The number of hydrogen-bond acceptors (Lipinski definition) is 4. The number of benzene rings is 2. The molecule has 8 heteroatoms. The number of ether oxygens (including phenoxy) is 1. The smallest absolute Gasteiger partial charge is 0.303 e. The number of rotatable bonds is 8. The molecule has 0 unspecified atom stereocenters. The van der Waals surface area contributed by atoms with Crippen molar-refractivity contribution in [3.8, 4) is 11.5 Å². The lowest BCUT2D eigenvalue weighted by Gasteiger charge is -2.06. The first-order chi connectivity index (χ1) is 12.0. The van der Waals surface area contributed by atoms with Crippen LogP contribution in [-0.2, 0) is 4.79 Å². The number of nitrogens with two attached hydrogens (primary N) is 1. The van der Waals surface area contributed by atoms with E-state index in [0.717, 1.165) is 0 Å². The van der Waals surface area contributed by atoms with Crippen LogP contribution in [0.5, 0.6) is 11.5 Å². The van der Waals surface area contributed by atoms with E-state index in [1.165, 1.54) is 0 Å². The van der Waals surface area contributed by atoms with Gasteiger partial charge in [-0.2, -0.15) is 5.11 Å². The molecule has 7 nitrogen and oxygen atoms in total. The maximum atomic E-state index is 10.3. The molecule has 0 aliphatic rings. The van der Waals surface area contributed by atoms with E-state index in [2.05, 4.69) is 15.4 Å². The minimum Gasteiger partial charge on any atom is -0.481 e. The third-order valence-corrected chi connectivity index (χ3v) is 3.32. The molecule has 0 heterocycles. The highest BCUT2D eigenvalue weighted by Crippen LogP contribution is 2.23. The molecular weight excluding hydrogens is 344 g/mol. The fraction of sp³-hybridized carbons (Fsp3) is 0.176. The van der Waals surface area contributed by atoms with Crippen LogP contribution in [0.3, 0.4) is 0 Å². The van der Waals surface area contributed by atoms with Crippen LogP contribution >= 0.6 is 11.6 Å². The minimum atomic E-state index is -0.862. The summed E-state index contributed by atoms with van der Waals surface area (Å²) in [7, 11) is 0. The Morgan fingerprint density at radius 1 is 1.08 bits per heavy atom. The van der Waals surface area contributed by atoms with Crippen LogP contribution in [0.15, 0.2) is 64.0 Å². The van der Waals surface area contributed by atoms with Gasteiger partial charge in [-0.25, -0.2) is 0 Å². The number of aliphatic carboxylic acids is 1. The molecule has 25 heavy (non-hydrogen) atoms. The summed E-state index contributed by atoms with van der Waals surface area (Å²) in [5, 5.41) is 20.3. The highest BCUT2D eigenvalue weighted by atomic mass is 35.5. The molecule has 130 valence electrons. The van der Waals surface area contributed by atoms with Gasteiger partial charge in [-0.1, -0.05) is 11.6 Å². The van der Waals surface area contributed by atoms with Crippen LogP contribution in [0.1, 0.15) is 18.4 Å². The predicted octanol–water partition coefficient (Wildman–Crippen LogP) is 4.07. The molecule has 2 aromatic rings. The van der Waals surface area contributed by atoms with Gasteiger partial charge in [0.15, 0.2) is 5.84 Å². The monoisotopic (exact) mass is 360 g/mol. The Hall–Kier alpha value is -2.93. The highest BCUT2D eigenvalue weighted by molar-refractivity contribution is 6.30. The van der Waals surface area contributed by atoms with Crippen molar-refractivity contribution in [3.05, 3.63) is 59.1 Å². The summed E-state index contributed by atoms with van der Waals surface area (Å²) in [5.41, 5.74) is 6.50. The molecule has 0 radical (unpaired) electrons. The van der Waals surface area contributed by atoms with Crippen molar-refractivity contribution in [2.24, 2.45) is 21.2 Å². The van der Waals surface area contributed by atoms with Gasteiger partial charge in [-0.05, 0) is 60.2 Å². The van der Waals surface area contributed by atoms with Gasteiger partial charge in [-0.15, -0.1) is 5.10 Å². The zero-order chi connectivity index (χ0) is 18.1. The lowest BCUT2D eigenvalue weighted by Crippen LogP contribution is -2.12. The topological polar surface area (TPSA) is 110 Å². The van der Waals surface area contributed by atoms with E-state index >= 15 is 0 Å². The molecule has 0 bridgehead atoms. The van der Waals surface area contributed by atoms with Crippen LogP contribution in [0.4, 0.5) is 0 Å². The molecule has 0 atom stereocenters. The van der Waals surface area contributed by atoms with E-state index in [1.807, 2.05) is 0 Å². The molecule has 3 N–H and O–H groups in total. The molecular formula is C17H17ClN4O3. The molecule has 0 aliphatic heterocycles. The lowest BCUT2D eigenvalue weighted by atomic mass is 10.2. The van der Waals surface area contributed by atoms with Gasteiger partial charge in [0.25, 0.3) is 0 Å². The summed E-state index contributed by atoms with van der Waals surface area (Å²) >= 11 is 5.83. The Kier molecular flexibility index (Phi) is 6.91. The number of amidine groups is 1. The second-order valence-corrected chi connectivity index (χ2v) is 5.45.